The van der Waals surface area contributed by atoms with Crippen molar-refractivity contribution < 1.29 is 13.7 Å². The molecular weight excluding hydrogens is 413 g/mol. The number of hydrogen-bond acceptors (Lipinski definition) is 5. The minimum atomic E-state index is -0.237. The number of likely N-dealkylation sites (N-methyl/N-ethyl adjacent to an activating group) is 1. The number of likely N-dealkylation sites (tertiary alicyclic amines) is 1. The van der Waals surface area contributed by atoms with Crippen molar-refractivity contribution in [2.45, 2.75) is 42.6 Å². The van der Waals surface area contributed by atoms with Gasteiger partial charge in [-0.1, -0.05) is 35.0 Å². The standard InChI is InChI=1S/C24H26FN3O2S/c1-17-4-3-5-18(12-17)14-28-16-22(31-21-8-6-19(25)7-9-21)13-23(28)24(29)27(2)15-20-10-11-30-26-20/h3-12,22-23H,13-16H2,1-2H3/t22-,23+/m1/s1. The fraction of sp³-hybridized carbons (Fsp3) is 0.333. The van der Waals surface area contributed by atoms with Crippen LogP contribution >= 0.6 is 11.8 Å². The highest BCUT2D eigenvalue weighted by Crippen LogP contribution is 2.34. The molecule has 0 spiro atoms. The summed E-state index contributed by atoms with van der Waals surface area (Å²) in [5, 5.41) is 4.18. The second kappa shape index (κ2) is 9.66. The highest BCUT2D eigenvalue weighted by atomic mass is 32.2. The van der Waals surface area contributed by atoms with Crippen molar-refractivity contribution in [1.82, 2.24) is 15.0 Å². The van der Waals surface area contributed by atoms with Crippen LogP contribution in [0, 0.1) is 12.7 Å². The smallest absolute Gasteiger partial charge is 0.240 e. The van der Waals surface area contributed by atoms with Crippen molar-refractivity contribution in [1.29, 1.82) is 0 Å². The Kier molecular flexibility index (Phi) is 6.73. The summed E-state index contributed by atoms with van der Waals surface area (Å²) >= 11 is 1.71. The second-order valence-corrected chi connectivity index (χ2v) is 9.42. The highest BCUT2D eigenvalue weighted by molar-refractivity contribution is 8.00. The summed E-state index contributed by atoms with van der Waals surface area (Å²) in [6.07, 6.45) is 2.26. The number of halogens is 1. The first kappa shape index (κ1) is 21.6. The van der Waals surface area contributed by atoms with E-state index < -0.39 is 0 Å². The lowest BCUT2D eigenvalue weighted by Crippen LogP contribution is -2.43. The maximum absolute atomic E-state index is 13.3. The lowest BCUT2D eigenvalue weighted by Gasteiger charge is -2.27. The molecule has 7 heteroatoms. The summed E-state index contributed by atoms with van der Waals surface area (Å²) < 4.78 is 18.2. The minimum Gasteiger partial charge on any atom is -0.364 e. The molecule has 1 amide bonds. The first-order valence-electron chi connectivity index (χ1n) is 10.3. The quantitative estimate of drug-likeness (QED) is 0.542. The normalized spacial score (nSPS) is 18.9. The van der Waals surface area contributed by atoms with Gasteiger partial charge in [0.25, 0.3) is 0 Å². The number of aromatic nitrogens is 1. The number of hydrogen-bond donors (Lipinski definition) is 0. The van der Waals surface area contributed by atoms with Crippen LogP contribution in [0.4, 0.5) is 4.39 Å². The molecule has 2 heterocycles. The van der Waals surface area contributed by atoms with Crippen LogP contribution < -0.4 is 0 Å². The van der Waals surface area contributed by atoms with Gasteiger partial charge in [0.1, 0.15) is 17.8 Å². The Morgan fingerprint density at radius 3 is 2.77 bits per heavy atom. The summed E-state index contributed by atoms with van der Waals surface area (Å²) in [5.74, 6) is -0.155. The largest absolute Gasteiger partial charge is 0.364 e. The van der Waals surface area contributed by atoms with Gasteiger partial charge >= 0.3 is 0 Å². The topological polar surface area (TPSA) is 49.6 Å². The lowest BCUT2D eigenvalue weighted by atomic mass is 10.1. The fourth-order valence-electron chi connectivity index (χ4n) is 4.02. The van der Waals surface area contributed by atoms with Crippen molar-refractivity contribution in [2.24, 2.45) is 0 Å². The fourth-order valence-corrected chi connectivity index (χ4v) is 5.25. The first-order chi connectivity index (χ1) is 15.0. The van der Waals surface area contributed by atoms with Crippen LogP contribution in [0.3, 0.4) is 0 Å². The molecule has 2 atom stereocenters. The van der Waals surface area contributed by atoms with Gasteiger partial charge in [0.2, 0.25) is 5.91 Å². The van der Waals surface area contributed by atoms with Gasteiger partial charge in [-0.05, 0) is 43.2 Å². The van der Waals surface area contributed by atoms with Gasteiger partial charge in [0.05, 0.1) is 12.6 Å². The minimum absolute atomic E-state index is 0.0814. The third kappa shape index (κ3) is 5.54. The molecule has 1 aliphatic rings. The zero-order valence-electron chi connectivity index (χ0n) is 17.7. The van der Waals surface area contributed by atoms with Crippen LogP contribution in [-0.2, 0) is 17.9 Å². The molecule has 0 radical (unpaired) electrons. The number of aryl methyl sites for hydroxylation is 1. The van der Waals surface area contributed by atoms with Crippen LogP contribution in [0.2, 0.25) is 0 Å². The molecule has 2 aromatic carbocycles. The molecule has 3 aromatic rings. The average molecular weight is 440 g/mol. The molecule has 4 rings (SSSR count). The molecular formula is C24H26FN3O2S. The first-order valence-corrected chi connectivity index (χ1v) is 11.2. The third-order valence-electron chi connectivity index (χ3n) is 5.50. The maximum Gasteiger partial charge on any atom is 0.240 e. The van der Waals surface area contributed by atoms with Crippen molar-refractivity contribution in [3.63, 3.8) is 0 Å². The Labute approximate surface area is 186 Å². The molecule has 5 nitrogen and oxygen atoms in total. The molecule has 0 saturated carbocycles. The van der Waals surface area contributed by atoms with Gasteiger partial charge in [0, 0.05) is 36.3 Å². The molecule has 31 heavy (non-hydrogen) atoms. The number of carbonyl (C=O) groups excluding carboxylic acids is 1. The van der Waals surface area contributed by atoms with Crippen LogP contribution in [-0.4, -0.2) is 45.7 Å². The zero-order chi connectivity index (χ0) is 21.8. The summed E-state index contributed by atoms with van der Waals surface area (Å²) in [4.78, 5) is 18.3. The van der Waals surface area contributed by atoms with E-state index in [9.17, 15) is 9.18 Å². The molecule has 1 aliphatic heterocycles. The van der Waals surface area contributed by atoms with E-state index in [0.717, 1.165) is 30.1 Å². The SMILES string of the molecule is Cc1cccc(CN2C[C@H](Sc3ccc(F)cc3)C[C@H]2C(=O)N(C)Cc2ccon2)c1. The van der Waals surface area contributed by atoms with Gasteiger partial charge in [-0.2, -0.15) is 0 Å². The number of amides is 1. The summed E-state index contributed by atoms with van der Waals surface area (Å²) in [6, 6.07) is 16.5. The van der Waals surface area contributed by atoms with Crippen molar-refractivity contribution in [3.8, 4) is 0 Å². The van der Waals surface area contributed by atoms with E-state index in [1.54, 1.807) is 34.9 Å². The zero-order valence-corrected chi connectivity index (χ0v) is 18.5. The van der Waals surface area contributed by atoms with Gasteiger partial charge < -0.3 is 9.42 Å². The summed E-state index contributed by atoms with van der Waals surface area (Å²) in [7, 11) is 1.81. The van der Waals surface area contributed by atoms with Gasteiger partial charge in [0.15, 0.2) is 0 Å². The van der Waals surface area contributed by atoms with E-state index >= 15 is 0 Å². The maximum atomic E-state index is 13.3. The molecule has 1 fully saturated rings. The Bertz CT molecular complexity index is 1010. The van der Waals surface area contributed by atoms with Crippen molar-refractivity contribution in [3.05, 3.63) is 83.5 Å². The van der Waals surface area contributed by atoms with Gasteiger partial charge in [-0.15, -0.1) is 11.8 Å². The Hall–Kier alpha value is -2.64. The number of rotatable bonds is 7. The number of thioether (sulfide) groups is 1. The van der Waals surface area contributed by atoms with Crippen LogP contribution in [0.15, 0.2) is 70.3 Å². The van der Waals surface area contributed by atoms with E-state index in [0.29, 0.717) is 6.54 Å². The predicted molar refractivity (Wildman–Crippen MR) is 119 cm³/mol. The lowest BCUT2D eigenvalue weighted by molar-refractivity contribution is -0.135. The third-order valence-corrected chi connectivity index (χ3v) is 6.72. The Balaban J connectivity index is 1.50. The molecule has 0 bridgehead atoms. The van der Waals surface area contributed by atoms with Crippen molar-refractivity contribution in [2.75, 3.05) is 13.6 Å². The monoisotopic (exact) mass is 439 g/mol. The number of carbonyl (C=O) groups is 1. The molecule has 0 N–H and O–H groups in total. The molecule has 1 saturated heterocycles. The van der Waals surface area contributed by atoms with E-state index in [1.165, 1.54) is 29.5 Å². The van der Waals surface area contributed by atoms with E-state index in [2.05, 4.69) is 41.2 Å². The summed E-state index contributed by atoms with van der Waals surface area (Å²) in [5.41, 5.74) is 3.14. The predicted octanol–water partition coefficient (Wildman–Crippen LogP) is 4.52. The van der Waals surface area contributed by atoms with Gasteiger partial charge in [-0.25, -0.2) is 4.39 Å². The average Bonchev–Trinajstić information content (AvgIpc) is 3.39. The Morgan fingerprint density at radius 2 is 2.06 bits per heavy atom. The van der Waals surface area contributed by atoms with E-state index in [4.69, 9.17) is 4.52 Å². The Morgan fingerprint density at radius 1 is 1.26 bits per heavy atom. The molecule has 162 valence electrons. The van der Waals surface area contributed by atoms with Crippen LogP contribution in [0.5, 0.6) is 0 Å². The molecule has 0 aliphatic carbocycles. The van der Waals surface area contributed by atoms with E-state index in [1.807, 2.05) is 7.05 Å². The highest BCUT2D eigenvalue weighted by Gasteiger charge is 2.38. The van der Waals surface area contributed by atoms with Crippen LogP contribution in [0.25, 0.3) is 0 Å². The molecule has 0 unspecified atom stereocenters. The number of benzene rings is 2. The molecule has 1 aromatic heterocycles. The summed E-state index contributed by atoms with van der Waals surface area (Å²) in [6.45, 7) is 4.01. The van der Waals surface area contributed by atoms with Crippen LogP contribution in [0.1, 0.15) is 23.2 Å². The number of nitrogens with zero attached hydrogens (tertiary/aromatic N) is 3. The second-order valence-electron chi connectivity index (χ2n) is 8.05. The van der Waals surface area contributed by atoms with Crippen molar-refractivity contribution >= 4 is 17.7 Å². The van der Waals surface area contributed by atoms with E-state index in [-0.39, 0.29) is 23.0 Å². The van der Waals surface area contributed by atoms with Gasteiger partial charge in [-0.3, -0.25) is 9.69 Å².